The lowest BCUT2D eigenvalue weighted by Crippen LogP contribution is -2.16. The molecule has 0 saturated carbocycles. The van der Waals surface area contributed by atoms with Crippen LogP contribution < -0.4 is 0 Å². The molecule has 0 aliphatic rings. The highest BCUT2D eigenvalue weighted by atomic mass is 32.1. The number of thiophene rings is 1. The van der Waals surface area contributed by atoms with E-state index in [-0.39, 0.29) is 17.6 Å². The van der Waals surface area contributed by atoms with E-state index in [1.807, 2.05) is 13.8 Å². The smallest absolute Gasteiger partial charge is 0.346 e. The average molecular weight is 312 g/mol. The van der Waals surface area contributed by atoms with Crippen molar-refractivity contribution in [2.75, 3.05) is 13.2 Å². The Labute approximate surface area is 126 Å². The average Bonchev–Trinajstić information content (AvgIpc) is 2.83. The summed E-state index contributed by atoms with van der Waals surface area (Å²) in [6.07, 6.45) is -0.187. The van der Waals surface area contributed by atoms with Crippen molar-refractivity contribution in [1.29, 1.82) is 0 Å². The minimum atomic E-state index is -1.06. The van der Waals surface area contributed by atoms with E-state index in [9.17, 15) is 14.3 Å². The molecule has 114 valence electrons. The van der Waals surface area contributed by atoms with Gasteiger partial charge in [-0.2, -0.15) is 0 Å². The number of fused-ring (bicyclic) bond motifs is 1. The first-order valence-electron chi connectivity index (χ1n) is 6.67. The largest absolute Gasteiger partial charge is 0.477 e. The maximum absolute atomic E-state index is 14.0. The fourth-order valence-corrected chi connectivity index (χ4v) is 3.10. The van der Waals surface area contributed by atoms with Crippen LogP contribution in [0.5, 0.6) is 0 Å². The number of benzene rings is 1. The van der Waals surface area contributed by atoms with E-state index in [1.54, 1.807) is 12.1 Å². The standard InChI is InChI=1S/C15H17FO4S/c1-3-19-7-9(2)20-8-10-13-11(16)5-4-6-12(13)21-14(10)15(17)18/h4-6,9H,3,7-8H2,1-2H3,(H,17,18). The number of ether oxygens (including phenoxy) is 2. The first kappa shape index (κ1) is 15.9. The molecule has 0 saturated heterocycles. The van der Waals surface area contributed by atoms with Crippen LogP contribution in [0.4, 0.5) is 4.39 Å². The lowest BCUT2D eigenvalue weighted by Gasteiger charge is -2.13. The summed E-state index contributed by atoms with van der Waals surface area (Å²) < 4.78 is 25.4. The van der Waals surface area contributed by atoms with Crippen LogP contribution in [-0.2, 0) is 16.1 Å². The van der Waals surface area contributed by atoms with Crippen molar-refractivity contribution in [2.24, 2.45) is 0 Å². The van der Waals surface area contributed by atoms with Gasteiger partial charge < -0.3 is 14.6 Å². The molecule has 1 heterocycles. The molecule has 4 nitrogen and oxygen atoms in total. The number of rotatable bonds is 7. The summed E-state index contributed by atoms with van der Waals surface area (Å²) >= 11 is 1.06. The number of halogens is 1. The van der Waals surface area contributed by atoms with E-state index in [1.165, 1.54) is 6.07 Å². The fraction of sp³-hybridized carbons (Fsp3) is 0.400. The zero-order chi connectivity index (χ0) is 15.4. The molecule has 6 heteroatoms. The molecule has 0 amide bonds. The van der Waals surface area contributed by atoms with Crippen molar-refractivity contribution in [2.45, 2.75) is 26.6 Å². The minimum absolute atomic E-state index is 0.0524. The Morgan fingerprint density at radius 1 is 1.48 bits per heavy atom. The van der Waals surface area contributed by atoms with Crippen LogP contribution in [0.2, 0.25) is 0 Å². The van der Waals surface area contributed by atoms with E-state index >= 15 is 0 Å². The Kier molecular flexibility index (Phi) is 5.27. The molecular weight excluding hydrogens is 295 g/mol. The Bertz CT molecular complexity index is 638. The van der Waals surface area contributed by atoms with Gasteiger partial charge in [0, 0.05) is 22.3 Å². The van der Waals surface area contributed by atoms with Crippen LogP contribution in [-0.4, -0.2) is 30.4 Å². The minimum Gasteiger partial charge on any atom is -0.477 e. The second kappa shape index (κ2) is 6.98. The first-order valence-corrected chi connectivity index (χ1v) is 7.48. The highest BCUT2D eigenvalue weighted by Gasteiger charge is 2.20. The highest BCUT2D eigenvalue weighted by Crippen LogP contribution is 2.34. The number of hydrogen-bond acceptors (Lipinski definition) is 4. The van der Waals surface area contributed by atoms with Crippen molar-refractivity contribution < 1.29 is 23.8 Å². The molecule has 0 aliphatic carbocycles. The number of carboxylic acids is 1. The fourth-order valence-electron chi connectivity index (χ4n) is 2.04. The van der Waals surface area contributed by atoms with E-state index in [2.05, 4.69) is 0 Å². The molecule has 0 bridgehead atoms. The van der Waals surface area contributed by atoms with Crippen LogP contribution in [0.25, 0.3) is 10.1 Å². The monoisotopic (exact) mass is 312 g/mol. The van der Waals surface area contributed by atoms with Crippen LogP contribution in [0.15, 0.2) is 18.2 Å². The quantitative estimate of drug-likeness (QED) is 0.847. The van der Waals surface area contributed by atoms with Crippen LogP contribution >= 0.6 is 11.3 Å². The first-order chi connectivity index (χ1) is 10.0. The maximum Gasteiger partial charge on any atom is 0.346 e. The molecule has 0 aliphatic heterocycles. The van der Waals surface area contributed by atoms with E-state index in [0.717, 1.165) is 11.3 Å². The summed E-state index contributed by atoms with van der Waals surface area (Å²) in [5, 5.41) is 9.61. The summed E-state index contributed by atoms with van der Waals surface area (Å²) in [7, 11) is 0. The second-order valence-electron chi connectivity index (χ2n) is 4.61. The van der Waals surface area contributed by atoms with Crippen molar-refractivity contribution >= 4 is 27.4 Å². The van der Waals surface area contributed by atoms with Gasteiger partial charge in [0.05, 0.1) is 19.3 Å². The summed E-state index contributed by atoms with van der Waals surface area (Å²) in [5.41, 5.74) is 0.393. The lowest BCUT2D eigenvalue weighted by atomic mass is 10.1. The molecule has 1 atom stereocenters. The van der Waals surface area contributed by atoms with Crippen molar-refractivity contribution in [1.82, 2.24) is 0 Å². The van der Waals surface area contributed by atoms with Gasteiger partial charge in [-0.15, -0.1) is 11.3 Å². The zero-order valence-electron chi connectivity index (χ0n) is 11.9. The van der Waals surface area contributed by atoms with Crippen LogP contribution in [0.3, 0.4) is 0 Å². The molecule has 0 spiro atoms. The van der Waals surface area contributed by atoms with E-state index < -0.39 is 11.8 Å². The van der Waals surface area contributed by atoms with Crippen LogP contribution in [0, 0.1) is 5.82 Å². The third-order valence-corrected chi connectivity index (χ3v) is 4.21. The molecule has 1 aromatic heterocycles. The molecule has 2 aromatic rings. The number of carboxylic acid groups (broad SMARTS) is 1. The molecule has 1 N–H and O–H groups in total. The normalized spacial score (nSPS) is 12.7. The van der Waals surface area contributed by atoms with Gasteiger partial charge in [-0.05, 0) is 26.0 Å². The summed E-state index contributed by atoms with van der Waals surface area (Å²) in [6, 6.07) is 4.61. The summed E-state index contributed by atoms with van der Waals surface area (Å²) in [4.78, 5) is 11.5. The van der Waals surface area contributed by atoms with Gasteiger partial charge in [0.1, 0.15) is 10.7 Å². The Morgan fingerprint density at radius 2 is 2.24 bits per heavy atom. The predicted octanol–water partition coefficient (Wildman–Crippen LogP) is 3.68. The Balaban J connectivity index is 2.28. The van der Waals surface area contributed by atoms with Crippen molar-refractivity contribution in [3.05, 3.63) is 34.5 Å². The number of aromatic carboxylic acids is 1. The topological polar surface area (TPSA) is 55.8 Å². The van der Waals surface area contributed by atoms with Crippen molar-refractivity contribution in [3.63, 3.8) is 0 Å². The van der Waals surface area contributed by atoms with Crippen molar-refractivity contribution in [3.8, 4) is 0 Å². The van der Waals surface area contributed by atoms with E-state index in [0.29, 0.717) is 28.9 Å². The molecule has 21 heavy (non-hydrogen) atoms. The SMILES string of the molecule is CCOCC(C)OCc1c(C(=O)O)sc2cccc(F)c12. The third kappa shape index (κ3) is 3.58. The second-order valence-corrected chi connectivity index (χ2v) is 5.66. The van der Waals surface area contributed by atoms with Gasteiger partial charge >= 0.3 is 5.97 Å². The Hall–Kier alpha value is -1.50. The van der Waals surface area contributed by atoms with Gasteiger partial charge in [-0.25, -0.2) is 9.18 Å². The number of hydrogen-bond donors (Lipinski definition) is 1. The molecule has 1 aromatic carbocycles. The Morgan fingerprint density at radius 3 is 2.90 bits per heavy atom. The summed E-state index contributed by atoms with van der Waals surface area (Å²) in [6.45, 7) is 4.78. The number of carbonyl (C=O) groups is 1. The third-order valence-electron chi connectivity index (χ3n) is 3.03. The maximum atomic E-state index is 14.0. The zero-order valence-corrected chi connectivity index (χ0v) is 12.7. The molecule has 2 rings (SSSR count). The van der Waals surface area contributed by atoms with Gasteiger partial charge in [-0.3, -0.25) is 0 Å². The van der Waals surface area contributed by atoms with Gasteiger partial charge in [0.25, 0.3) is 0 Å². The summed E-state index contributed by atoms with van der Waals surface area (Å²) in [5.74, 6) is -1.49. The molecule has 1 unspecified atom stereocenters. The molecular formula is C15H17FO4S. The van der Waals surface area contributed by atoms with E-state index in [4.69, 9.17) is 9.47 Å². The van der Waals surface area contributed by atoms with Gasteiger partial charge in [-0.1, -0.05) is 6.07 Å². The van der Waals surface area contributed by atoms with Gasteiger partial charge in [0.15, 0.2) is 0 Å². The lowest BCUT2D eigenvalue weighted by molar-refractivity contribution is -0.0115. The van der Waals surface area contributed by atoms with Gasteiger partial charge in [0.2, 0.25) is 0 Å². The highest BCUT2D eigenvalue weighted by molar-refractivity contribution is 7.21. The predicted molar refractivity (Wildman–Crippen MR) is 79.5 cm³/mol. The molecule has 0 fully saturated rings. The molecule has 0 radical (unpaired) electrons. The van der Waals surface area contributed by atoms with Crippen LogP contribution in [0.1, 0.15) is 29.1 Å².